The van der Waals surface area contributed by atoms with E-state index in [1.54, 1.807) is 11.0 Å². The van der Waals surface area contributed by atoms with Crippen LogP contribution in [-0.2, 0) is 0 Å². The zero-order chi connectivity index (χ0) is 14.6. The minimum atomic E-state index is -0.533. The molecule has 1 aromatic rings. The van der Waals surface area contributed by atoms with Gasteiger partial charge in [-0.3, -0.25) is 4.79 Å². The topological polar surface area (TPSA) is 46.3 Å². The highest BCUT2D eigenvalue weighted by atomic mass is 79.9. The monoisotopic (exact) mass is 346 g/mol. The molecule has 6 heteroatoms. The zero-order valence-electron chi connectivity index (χ0n) is 10.8. The van der Waals surface area contributed by atoms with E-state index in [4.69, 9.17) is 18.0 Å². The molecule has 0 heterocycles. The molecule has 1 rings (SSSR count). The standard InChI is InChI=1S/C13H16BrFN2OS/c1-8(2)17(6-5-12(16)19)13(18)10-7-9(14)3-4-11(10)15/h3-4,7-8H,5-6H2,1-2H3,(H2,16,19). The highest BCUT2D eigenvalue weighted by Crippen LogP contribution is 2.18. The predicted octanol–water partition coefficient (Wildman–Crippen LogP) is 3.12. The molecule has 0 atom stereocenters. The molecule has 0 saturated heterocycles. The minimum absolute atomic E-state index is 0.0472. The fourth-order valence-electron chi connectivity index (χ4n) is 1.64. The van der Waals surface area contributed by atoms with Crippen molar-refractivity contribution in [1.82, 2.24) is 4.90 Å². The molecule has 0 spiro atoms. The largest absolute Gasteiger partial charge is 0.393 e. The summed E-state index contributed by atoms with van der Waals surface area (Å²) in [7, 11) is 0. The molecule has 0 aliphatic heterocycles. The lowest BCUT2D eigenvalue weighted by Gasteiger charge is -2.27. The molecule has 0 radical (unpaired) electrons. The van der Waals surface area contributed by atoms with E-state index in [1.807, 2.05) is 13.8 Å². The third-order valence-electron chi connectivity index (χ3n) is 2.64. The van der Waals surface area contributed by atoms with Gasteiger partial charge in [0.1, 0.15) is 5.82 Å². The highest BCUT2D eigenvalue weighted by Gasteiger charge is 2.21. The Labute approximate surface area is 126 Å². The molecule has 0 aliphatic carbocycles. The summed E-state index contributed by atoms with van der Waals surface area (Å²) in [6, 6.07) is 4.25. The lowest BCUT2D eigenvalue weighted by molar-refractivity contribution is 0.0707. The summed E-state index contributed by atoms with van der Waals surface area (Å²) < 4.78 is 14.4. The van der Waals surface area contributed by atoms with Crippen LogP contribution in [0.1, 0.15) is 30.6 Å². The zero-order valence-corrected chi connectivity index (χ0v) is 13.2. The van der Waals surface area contributed by atoms with Crippen molar-refractivity contribution >= 4 is 39.0 Å². The number of hydrogen-bond donors (Lipinski definition) is 1. The first kappa shape index (κ1) is 16.0. The van der Waals surface area contributed by atoms with Crippen molar-refractivity contribution in [3.05, 3.63) is 34.1 Å². The summed E-state index contributed by atoms with van der Waals surface area (Å²) in [6.07, 6.45) is 0.425. The molecule has 0 unspecified atom stereocenters. The van der Waals surface area contributed by atoms with Crippen LogP contribution in [-0.4, -0.2) is 28.4 Å². The van der Waals surface area contributed by atoms with Crippen molar-refractivity contribution in [2.45, 2.75) is 26.3 Å². The summed E-state index contributed by atoms with van der Waals surface area (Å²) in [4.78, 5) is 14.3. The van der Waals surface area contributed by atoms with Gasteiger partial charge in [-0.15, -0.1) is 0 Å². The number of amides is 1. The molecule has 0 fully saturated rings. The smallest absolute Gasteiger partial charge is 0.257 e. The van der Waals surface area contributed by atoms with Crippen molar-refractivity contribution in [1.29, 1.82) is 0 Å². The first-order valence-electron chi connectivity index (χ1n) is 5.87. The van der Waals surface area contributed by atoms with Gasteiger partial charge in [0.05, 0.1) is 10.6 Å². The van der Waals surface area contributed by atoms with Gasteiger partial charge in [-0.25, -0.2) is 4.39 Å². The third kappa shape index (κ3) is 4.54. The molecule has 1 amide bonds. The number of rotatable bonds is 5. The van der Waals surface area contributed by atoms with Crippen molar-refractivity contribution in [3.63, 3.8) is 0 Å². The maximum atomic E-state index is 13.7. The second-order valence-electron chi connectivity index (χ2n) is 4.43. The molecule has 0 bridgehead atoms. The Hall–Kier alpha value is -1.01. The minimum Gasteiger partial charge on any atom is -0.393 e. The first-order chi connectivity index (χ1) is 8.82. The van der Waals surface area contributed by atoms with Crippen molar-refractivity contribution in [2.75, 3.05) is 6.54 Å². The van der Waals surface area contributed by atoms with E-state index in [9.17, 15) is 9.18 Å². The van der Waals surface area contributed by atoms with Crippen molar-refractivity contribution < 1.29 is 9.18 Å². The van der Waals surface area contributed by atoms with Gasteiger partial charge in [0.2, 0.25) is 0 Å². The normalized spacial score (nSPS) is 10.6. The lowest BCUT2D eigenvalue weighted by Crippen LogP contribution is -2.39. The molecule has 2 N–H and O–H groups in total. The Kier molecular flexibility index (Phi) is 5.87. The van der Waals surface area contributed by atoms with Crippen LogP contribution in [0.5, 0.6) is 0 Å². The average Bonchev–Trinajstić information content (AvgIpc) is 2.31. The van der Waals surface area contributed by atoms with E-state index in [2.05, 4.69) is 15.9 Å². The molecule has 0 saturated carbocycles. The van der Waals surface area contributed by atoms with Crippen molar-refractivity contribution in [2.24, 2.45) is 5.73 Å². The van der Waals surface area contributed by atoms with Crippen molar-refractivity contribution in [3.8, 4) is 0 Å². The third-order valence-corrected chi connectivity index (χ3v) is 3.34. The first-order valence-corrected chi connectivity index (χ1v) is 7.07. The summed E-state index contributed by atoms with van der Waals surface area (Å²) in [5, 5.41) is 0. The number of thiocarbonyl (C=S) groups is 1. The Morgan fingerprint density at radius 3 is 2.68 bits per heavy atom. The van der Waals surface area contributed by atoms with Gasteiger partial charge in [0.15, 0.2) is 0 Å². The van der Waals surface area contributed by atoms with E-state index < -0.39 is 5.82 Å². The van der Waals surface area contributed by atoms with E-state index in [0.717, 1.165) is 0 Å². The Balaban J connectivity index is 2.99. The van der Waals surface area contributed by atoms with E-state index in [1.165, 1.54) is 12.1 Å². The molecular weight excluding hydrogens is 331 g/mol. The second kappa shape index (κ2) is 6.96. The van der Waals surface area contributed by atoms with E-state index >= 15 is 0 Å². The number of halogens is 2. The second-order valence-corrected chi connectivity index (χ2v) is 5.87. The quantitative estimate of drug-likeness (QED) is 0.833. The van der Waals surface area contributed by atoms with Gasteiger partial charge in [-0.2, -0.15) is 0 Å². The lowest BCUT2D eigenvalue weighted by atomic mass is 10.1. The summed E-state index contributed by atoms with van der Waals surface area (Å²) in [5.74, 6) is -0.890. The number of benzene rings is 1. The van der Waals surface area contributed by atoms with Gasteiger partial charge in [0, 0.05) is 23.5 Å². The number of nitrogens with two attached hydrogens (primary N) is 1. The summed E-state index contributed by atoms with van der Waals surface area (Å²) >= 11 is 8.04. The van der Waals surface area contributed by atoms with Gasteiger partial charge in [0.25, 0.3) is 5.91 Å². The molecule has 0 aromatic heterocycles. The highest BCUT2D eigenvalue weighted by molar-refractivity contribution is 9.10. The van der Waals surface area contributed by atoms with Gasteiger partial charge in [-0.05, 0) is 32.0 Å². The fraction of sp³-hybridized carbons (Fsp3) is 0.385. The van der Waals surface area contributed by atoms with Crippen LogP contribution in [0.3, 0.4) is 0 Å². The molecule has 1 aromatic carbocycles. The number of carbonyl (C=O) groups excluding carboxylic acids is 1. The van der Waals surface area contributed by atoms with Crippen LogP contribution < -0.4 is 5.73 Å². The van der Waals surface area contributed by atoms with Crippen LogP contribution >= 0.6 is 28.1 Å². The average molecular weight is 347 g/mol. The van der Waals surface area contributed by atoms with Gasteiger partial charge in [-0.1, -0.05) is 28.1 Å². The molecule has 19 heavy (non-hydrogen) atoms. The molecule has 3 nitrogen and oxygen atoms in total. The van der Waals surface area contributed by atoms with Crippen LogP contribution in [0.4, 0.5) is 4.39 Å². The van der Waals surface area contributed by atoms with Gasteiger partial charge < -0.3 is 10.6 Å². The van der Waals surface area contributed by atoms with Crippen LogP contribution in [0, 0.1) is 5.82 Å². The van der Waals surface area contributed by atoms with Crippen LogP contribution in [0.25, 0.3) is 0 Å². The van der Waals surface area contributed by atoms with Crippen LogP contribution in [0.15, 0.2) is 22.7 Å². The van der Waals surface area contributed by atoms with E-state index in [-0.39, 0.29) is 17.5 Å². The van der Waals surface area contributed by atoms with Crippen LogP contribution in [0.2, 0.25) is 0 Å². The Morgan fingerprint density at radius 1 is 1.53 bits per heavy atom. The fourth-order valence-corrected chi connectivity index (χ4v) is 2.09. The predicted molar refractivity (Wildman–Crippen MR) is 81.7 cm³/mol. The molecule has 104 valence electrons. The van der Waals surface area contributed by atoms with Gasteiger partial charge >= 0.3 is 0 Å². The number of carbonyl (C=O) groups is 1. The molecular formula is C13H16BrFN2OS. The Morgan fingerprint density at radius 2 is 2.16 bits per heavy atom. The Bertz CT molecular complexity index is 494. The number of hydrogen-bond acceptors (Lipinski definition) is 2. The van der Waals surface area contributed by atoms with E-state index in [0.29, 0.717) is 22.4 Å². The summed E-state index contributed by atoms with van der Waals surface area (Å²) in [6.45, 7) is 4.12. The summed E-state index contributed by atoms with van der Waals surface area (Å²) in [5.41, 5.74) is 5.49. The molecule has 0 aliphatic rings. The maximum Gasteiger partial charge on any atom is 0.257 e. The number of nitrogens with zero attached hydrogens (tertiary/aromatic N) is 1. The maximum absolute atomic E-state index is 13.7. The SMILES string of the molecule is CC(C)N(CCC(N)=S)C(=O)c1cc(Br)ccc1F.